The molecule has 0 unspecified atom stereocenters. The minimum Gasteiger partial charge on any atom is -0.448 e. The van der Waals surface area contributed by atoms with Crippen LogP contribution >= 0.6 is 0 Å². The molecule has 1 amide bonds. The molecule has 0 bridgehead atoms. The van der Waals surface area contributed by atoms with Crippen molar-refractivity contribution in [1.29, 1.82) is 0 Å². The Balaban J connectivity index is 1.21. The van der Waals surface area contributed by atoms with Gasteiger partial charge < -0.3 is 14.7 Å². The van der Waals surface area contributed by atoms with Crippen LogP contribution in [0.15, 0.2) is 48.5 Å². The van der Waals surface area contributed by atoms with E-state index in [9.17, 15) is 9.90 Å². The normalized spacial score (nSPS) is 24.4. The van der Waals surface area contributed by atoms with Gasteiger partial charge in [-0.2, -0.15) is 0 Å². The Kier molecular flexibility index (Phi) is 5.02. The van der Waals surface area contributed by atoms with Crippen molar-refractivity contribution in [2.75, 3.05) is 32.8 Å². The molecule has 152 valence electrons. The standard InChI is InChI=1S/C24H28N2O3/c27-23-11-5-10-22(23)25-12-14-26(15-13-25)24(28)29-16-21-19-8-3-1-6-17(19)18-7-2-4-9-20(18)21/h1-4,6-9,21-23,27H,5,10-16H2/t22-,23-/m1/s1. The highest BCUT2D eigenvalue weighted by atomic mass is 16.6. The number of amides is 1. The lowest BCUT2D eigenvalue weighted by molar-refractivity contribution is 0.0292. The Bertz CT molecular complexity index is 846. The van der Waals surface area contributed by atoms with Crippen LogP contribution in [0.25, 0.3) is 11.1 Å². The van der Waals surface area contributed by atoms with Gasteiger partial charge in [0.2, 0.25) is 0 Å². The zero-order chi connectivity index (χ0) is 19.8. The molecule has 2 aromatic carbocycles. The predicted octanol–water partition coefficient (Wildman–Crippen LogP) is 3.47. The van der Waals surface area contributed by atoms with E-state index >= 15 is 0 Å². The molecule has 5 heteroatoms. The maximum Gasteiger partial charge on any atom is 0.409 e. The summed E-state index contributed by atoms with van der Waals surface area (Å²) in [5, 5.41) is 10.1. The number of nitrogens with zero attached hydrogens (tertiary/aromatic N) is 2. The lowest BCUT2D eigenvalue weighted by Gasteiger charge is -2.38. The van der Waals surface area contributed by atoms with Crippen LogP contribution in [0, 0.1) is 0 Å². The zero-order valence-corrected chi connectivity index (χ0v) is 16.7. The maximum atomic E-state index is 12.7. The quantitative estimate of drug-likeness (QED) is 0.869. The number of carbonyl (C=O) groups excluding carboxylic acids is 1. The molecule has 5 nitrogen and oxygen atoms in total. The zero-order valence-electron chi connectivity index (χ0n) is 16.7. The number of ether oxygens (including phenoxy) is 1. The van der Waals surface area contributed by atoms with Crippen molar-refractivity contribution in [3.8, 4) is 11.1 Å². The van der Waals surface area contributed by atoms with E-state index in [0.29, 0.717) is 19.7 Å². The van der Waals surface area contributed by atoms with Crippen molar-refractivity contribution in [3.05, 3.63) is 59.7 Å². The van der Waals surface area contributed by atoms with Gasteiger partial charge in [-0.15, -0.1) is 0 Å². The van der Waals surface area contributed by atoms with E-state index in [4.69, 9.17) is 4.74 Å². The largest absolute Gasteiger partial charge is 0.448 e. The molecule has 2 aliphatic carbocycles. The Morgan fingerprint density at radius 2 is 1.55 bits per heavy atom. The van der Waals surface area contributed by atoms with Crippen molar-refractivity contribution in [3.63, 3.8) is 0 Å². The molecular weight excluding hydrogens is 364 g/mol. The second-order valence-electron chi connectivity index (χ2n) is 8.39. The van der Waals surface area contributed by atoms with Crippen LogP contribution in [-0.2, 0) is 4.74 Å². The second-order valence-corrected chi connectivity index (χ2v) is 8.39. The molecule has 0 aromatic heterocycles. The van der Waals surface area contributed by atoms with E-state index in [1.165, 1.54) is 22.3 Å². The van der Waals surface area contributed by atoms with Crippen LogP contribution in [0.3, 0.4) is 0 Å². The molecule has 2 atom stereocenters. The lowest BCUT2D eigenvalue weighted by Crippen LogP contribution is -2.53. The van der Waals surface area contributed by atoms with Gasteiger partial charge in [-0.1, -0.05) is 48.5 Å². The fourth-order valence-corrected chi connectivity index (χ4v) is 5.27. The van der Waals surface area contributed by atoms with Gasteiger partial charge in [0.1, 0.15) is 6.61 Å². The van der Waals surface area contributed by atoms with Gasteiger partial charge in [0.25, 0.3) is 0 Å². The summed E-state index contributed by atoms with van der Waals surface area (Å²) in [6.07, 6.45) is 2.62. The first-order valence-electron chi connectivity index (χ1n) is 10.7. The minimum atomic E-state index is -0.224. The van der Waals surface area contributed by atoms with Crippen molar-refractivity contribution >= 4 is 6.09 Å². The summed E-state index contributed by atoms with van der Waals surface area (Å²) in [4.78, 5) is 16.9. The van der Waals surface area contributed by atoms with Gasteiger partial charge in [0.05, 0.1) is 6.10 Å². The molecule has 2 fully saturated rings. The van der Waals surface area contributed by atoms with Gasteiger partial charge in [-0.3, -0.25) is 4.90 Å². The van der Waals surface area contributed by atoms with Crippen LogP contribution in [0.1, 0.15) is 36.3 Å². The molecule has 1 aliphatic heterocycles. The average Bonchev–Trinajstić information content (AvgIpc) is 3.33. The molecule has 1 saturated heterocycles. The van der Waals surface area contributed by atoms with Crippen molar-refractivity contribution in [2.45, 2.75) is 37.3 Å². The summed E-state index contributed by atoms with van der Waals surface area (Å²) in [5.74, 6) is 0.0984. The Morgan fingerprint density at radius 1 is 0.931 bits per heavy atom. The van der Waals surface area contributed by atoms with E-state index in [0.717, 1.165) is 32.4 Å². The summed E-state index contributed by atoms with van der Waals surface area (Å²) in [6.45, 7) is 3.33. The summed E-state index contributed by atoms with van der Waals surface area (Å²) >= 11 is 0. The maximum absolute atomic E-state index is 12.7. The highest BCUT2D eigenvalue weighted by molar-refractivity contribution is 5.79. The smallest absolute Gasteiger partial charge is 0.409 e. The Morgan fingerprint density at radius 3 is 2.14 bits per heavy atom. The predicted molar refractivity (Wildman–Crippen MR) is 112 cm³/mol. The van der Waals surface area contributed by atoms with Gasteiger partial charge in [0, 0.05) is 38.1 Å². The molecular formula is C24H28N2O3. The minimum absolute atomic E-state index is 0.0984. The fourth-order valence-electron chi connectivity index (χ4n) is 5.27. The van der Waals surface area contributed by atoms with Gasteiger partial charge in [-0.25, -0.2) is 4.79 Å². The molecule has 2 aromatic rings. The first-order valence-corrected chi connectivity index (χ1v) is 10.7. The number of fused-ring (bicyclic) bond motifs is 3. The Hall–Kier alpha value is -2.37. The third-order valence-electron chi connectivity index (χ3n) is 6.82. The van der Waals surface area contributed by atoms with E-state index in [1.807, 2.05) is 4.90 Å². The third-order valence-corrected chi connectivity index (χ3v) is 6.82. The molecule has 3 aliphatic rings. The first kappa shape index (κ1) is 18.6. The summed E-state index contributed by atoms with van der Waals surface area (Å²) in [7, 11) is 0. The van der Waals surface area contributed by atoms with E-state index < -0.39 is 0 Å². The number of hydrogen-bond donors (Lipinski definition) is 1. The summed E-state index contributed by atoms with van der Waals surface area (Å²) in [6, 6.07) is 17.1. The van der Waals surface area contributed by atoms with E-state index in [2.05, 4.69) is 53.4 Å². The van der Waals surface area contributed by atoms with Crippen LogP contribution < -0.4 is 0 Å². The van der Waals surface area contributed by atoms with Crippen molar-refractivity contribution in [2.24, 2.45) is 0 Å². The number of benzene rings is 2. The van der Waals surface area contributed by atoms with Crippen molar-refractivity contribution < 1.29 is 14.6 Å². The third kappa shape index (κ3) is 3.43. The number of hydrogen-bond acceptors (Lipinski definition) is 4. The van der Waals surface area contributed by atoms with Crippen molar-refractivity contribution in [1.82, 2.24) is 9.80 Å². The van der Waals surface area contributed by atoms with Crippen LogP contribution in [0.5, 0.6) is 0 Å². The average molecular weight is 392 g/mol. The topological polar surface area (TPSA) is 53.0 Å². The molecule has 29 heavy (non-hydrogen) atoms. The summed E-state index contributed by atoms with van der Waals surface area (Å²) in [5.41, 5.74) is 4.96. The van der Waals surface area contributed by atoms with E-state index in [-0.39, 0.29) is 24.2 Å². The number of piperazine rings is 1. The summed E-state index contributed by atoms with van der Waals surface area (Å²) < 4.78 is 5.78. The van der Waals surface area contributed by atoms with Gasteiger partial charge >= 0.3 is 6.09 Å². The number of rotatable bonds is 3. The molecule has 5 rings (SSSR count). The van der Waals surface area contributed by atoms with Gasteiger partial charge in [-0.05, 0) is 41.5 Å². The van der Waals surface area contributed by atoms with Gasteiger partial charge in [0.15, 0.2) is 0 Å². The number of aliphatic hydroxyl groups excluding tert-OH is 1. The molecule has 1 saturated carbocycles. The molecule has 1 N–H and O–H groups in total. The SMILES string of the molecule is O=C(OCC1c2ccccc2-c2ccccc21)N1CCN([C@@H]2CCC[C@H]2O)CC1. The van der Waals surface area contributed by atoms with Crippen LogP contribution in [0.2, 0.25) is 0 Å². The molecule has 0 radical (unpaired) electrons. The lowest BCUT2D eigenvalue weighted by atomic mass is 9.98. The highest BCUT2D eigenvalue weighted by Gasteiger charge is 2.34. The monoisotopic (exact) mass is 392 g/mol. The highest BCUT2D eigenvalue weighted by Crippen LogP contribution is 2.44. The Labute approximate surface area is 171 Å². The first-order chi connectivity index (χ1) is 14.2. The van der Waals surface area contributed by atoms with Crippen LogP contribution in [-0.4, -0.2) is 65.9 Å². The molecule has 0 spiro atoms. The number of carbonyl (C=O) groups is 1. The number of aliphatic hydroxyl groups is 1. The van der Waals surface area contributed by atoms with Crippen LogP contribution in [0.4, 0.5) is 4.79 Å². The fraction of sp³-hybridized carbons (Fsp3) is 0.458. The second kappa shape index (κ2) is 7.81. The molecule has 1 heterocycles. The van der Waals surface area contributed by atoms with E-state index in [1.54, 1.807) is 0 Å².